The first-order valence-electron chi connectivity index (χ1n) is 12.5. The summed E-state index contributed by atoms with van der Waals surface area (Å²) in [5, 5.41) is 8.20. The minimum absolute atomic E-state index is 0.144. The van der Waals surface area contributed by atoms with Crippen molar-refractivity contribution < 1.29 is 14.3 Å². The van der Waals surface area contributed by atoms with Crippen LogP contribution >= 0.6 is 0 Å². The molecule has 2 amide bonds. The summed E-state index contributed by atoms with van der Waals surface area (Å²) >= 11 is 0. The van der Waals surface area contributed by atoms with E-state index in [0.717, 1.165) is 38.0 Å². The molecule has 3 aromatic rings. The first-order chi connectivity index (χ1) is 17.5. The monoisotopic (exact) mass is 491 g/mol. The van der Waals surface area contributed by atoms with E-state index >= 15 is 0 Å². The predicted molar refractivity (Wildman–Crippen MR) is 141 cm³/mol. The Hall–Kier alpha value is -3.72. The molecule has 0 bridgehead atoms. The van der Waals surface area contributed by atoms with Gasteiger partial charge in [0.1, 0.15) is 0 Å². The van der Waals surface area contributed by atoms with Gasteiger partial charge in [-0.25, -0.2) is 4.68 Å². The molecule has 190 valence electrons. The number of morpholine rings is 1. The molecule has 4 rings (SSSR count). The highest BCUT2D eigenvalue weighted by Crippen LogP contribution is 2.19. The molecular formula is C27H33N5O4. The largest absolute Gasteiger partial charge is 0.378 e. The molecule has 0 unspecified atom stereocenters. The van der Waals surface area contributed by atoms with Gasteiger partial charge in [0.15, 0.2) is 5.69 Å². The third kappa shape index (κ3) is 5.91. The molecule has 0 radical (unpaired) electrons. The number of hydrogen-bond donors (Lipinski definition) is 1. The van der Waals surface area contributed by atoms with Crippen molar-refractivity contribution in [2.75, 3.05) is 50.1 Å². The molecule has 0 saturated carbocycles. The number of anilines is 2. The van der Waals surface area contributed by atoms with Crippen molar-refractivity contribution in [2.45, 2.75) is 32.7 Å². The summed E-state index contributed by atoms with van der Waals surface area (Å²) < 4.78 is 6.76. The second-order valence-corrected chi connectivity index (χ2v) is 8.99. The Morgan fingerprint density at radius 3 is 2.42 bits per heavy atom. The number of nitrogens with zero attached hydrogens (tertiary/aromatic N) is 4. The van der Waals surface area contributed by atoms with Crippen LogP contribution in [0.3, 0.4) is 0 Å². The molecule has 0 atom stereocenters. The molecule has 1 aliphatic rings. The fraction of sp³-hybridized carbons (Fsp3) is 0.407. The van der Waals surface area contributed by atoms with E-state index in [1.54, 1.807) is 31.3 Å². The molecular weight excluding hydrogens is 458 g/mol. The summed E-state index contributed by atoms with van der Waals surface area (Å²) in [7, 11) is 1.56. The lowest BCUT2D eigenvalue weighted by Gasteiger charge is -2.28. The van der Waals surface area contributed by atoms with Gasteiger partial charge in [-0.3, -0.25) is 14.4 Å². The van der Waals surface area contributed by atoms with Gasteiger partial charge < -0.3 is 19.9 Å². The maximum atomic E-state index is 13.3. The van der Waals surface area contributed by atoms with Crippen molar-refractivity contribution >= 4 is 34.0 Å². The molecule has 2 heterocycles. The van der Waals surface area contributed by atoms with E-state index in [2.05, 4.69) is 22.2 Å². The first-order valence-corrected chi connectivity index (χ1v) is 12.5. The molecule has 1 N–H and O–H groups in total. The molecule has 1 saturated heterocycles. The fourth-order valence-electron chi connectivity index (χ4n) is 4.30. The first kappa shape index (κ1) is 25.4. The van der Waals surface area contributed by atoms with Crippen molar-refractivity contribution in [3.63, 3.8) is 0 Å². The van der Waals surface area contributed by atoms with Crippen LogP contribution in [-0.4, -0.2) is 66.4 Å². The van der Waals surface area contributed by atoms with Gasteiger partial charge in [0.25, 0.3) is 11.5 Å². The van der Waals surface area contributed by atoms with Gasteiger partial charge in [-0.2, -0.15) is 5.10 Å². The van der Waals surface area contributed by atoms with Crippen LogP contribution in [0.1, 0.15) is 36.7 Å². The van der Waals surface area contributed by atoms with Crippen molar-refractivity contribution in [3.8, 4) is 0 Å². The Balaban J connectivity index is 1.45. The Kier molecular flexibility index (Phi) is 8.32. The number of aryl methyl sites for hydroxylation is 1. The Morgan fingerprint density at radius 1 is 1.03 bits per heavy atom. The van der Waals surface area contributed by atoms with Crippen LogP contribution < -0.4 is 15.8 Å². The maximum absolute atomic E-state index is 13.3. The predicted octanol–water partition coefficient (Wildman–Crippen LogP) is 3.13. The smallest absolute Gasteiger partial charge is 0.275 e. The van der Waals surface area contributed by atoms with Gasteiger partial charge in [-0.05, 0) is 36.8 Å². The van der Waals surface area contributed by atoms with Crippen LogP contribution in [0, 0.1) is 0 Å². The zero-order chi connectivity index (χ0) is 25.5. The van der Waals surface area contributed by atoms with Gasteiger partial charge in [-0.15, -0.1) is 0 Å². The Morgan fingerprint density at radius 2 is 1.72 bits per heavy atom. The average Bonchev–Trinajstić information content (AvgIpc) is 2.90. The number of unbranched alkanes of at least 4 members (excludes halogenated alkanes) is 2. The minimum Gasteiger partial charge on any atom is -0.378 e. The topological polar surface area (TPSA) is 96.8 Å². The van der Waals surface area contributed by atoms with Gasteiger partial charge in [0.05, 0.1) is 25.1 Å². The molecule has 1 aliphatic heterocycles. The van der Waals surface area contributed by atoms with Crippen molar-refractivity contribution in [3.05, 3.63) is 64.6 Å². The van der Waals surface area contributed by atoms with Crippen LogP contribution in [0.15, 0.2) is 53.3 Å². The highest BCUT2D eigenvalue weighted by Gasteiger charge is 2.21. The normalized spacial score (nSPS) is 13.6. The highest BCUT2D eigenvalue weighted by atomic mass is 16.5. The summed E-state index contributed by atoms with van der Waals surface area (Å²) in [6, 6.07) is 14.6. The van der Waals surface area contributed by atoms with E-state index in [1.807, 2.05) is 24.3 Å². The average molecular weight is 492 g/mol. The van der Waals surface area contributed by atoms with Gasteiger partial charge in [0.2, 0.25) is 5.91 Å². The van der Waals surface area contributed by atoms with Crippen LogP contribution in [0.25, 0.3) is 10.8 Å². The van der Waals surface area contributed by atoms with Crippen LogP contribution in [0.2, 0.25) is 0 Å². The molecule has 9 heteroatoms. The molecule has 1 aromatic heterocycles. The molecule has 9 nitrogen and oxygen atoms in total. The summed E-state index contributed by atoms with van der Waals surface area (Å²) in [6.07, 6.45) is 2.79. The number of benzene rings is 2. The quantitative estimate of drug-likeness (QED) is 0.462. The Bertz CT molecular complexity index is 1270. The van der Waals surface area contributed by atoms with Gasteiger partial charge >= 0.3 is 0 Å². The van der Waals surface area contributed by atoms with E-state index in [4.69, 9.17) is 4.74 Å². The van der Waals surface area contributed by atoms with Gasteiger partial charge in [0, 0.05) is 43.4 Å². The number of nitrogens with one attached hydrogen (secondary N) is 1. The Labute approximate surface area is 210 Å². The number of amides is 2. The number of rotatable bonds is 9. The van der Waals surface area contributed by atoms with E-state index < -0.39 is 5.91 Å². The third-order valence-electron chi connectivity index (χ3n) is 6.30. The number of likely N-dealkylation sites (N-methyl/N-ethyl adjacent to an activating group) is 1. The van der Waals surface area contributed by atoms with Crippen LogP contribution in [-0.2, 0) is 16.1 Å². The SMILES string of the molecule is CCCCCn1nc(C(=O)N(C)CC(=O)Nc2ccc(N3CCOCC3)cc2)c2ccccc2c1=O. The second-order valence-electron chi connectivity index (χ2n) is 8.99. The molecule has 36 heavy (non-hydrogen) atoms. The molecule has 1 fully saturated rings. The van der Waals surface area contributed by atoms with Crippen LogP contribution in [0.4, 0.5) is 11.4 Å². The van der Waals surface area contributed by atoms with E-state index in [-0.39, 0.29) is 23.7 Å². The van der Waals surface area contributed by atoms with E-state index in [0.29, 0.717) is 36.2 Å². The zero-order valence-electron chi connectivity index (χ0n) is 20.9. The second kappa shape index (κ2) is 11.8. The van der Waals surface area contributed by atoms with Crippen LogP contribution in [0.5, 0.6) is 0 Å². The summed E-state index contributed by atoms with van der Waals surface area (Å²) in [5.74, 6) is -0.723. The number of carbonyl (C=O) groups excluding carboxylic acids is 2. The highest BCUT2D eigenvalue weighted by molar-refractivity contribution is 6.06. The number of carbonyl (C=O) groups is 2. The number of ether oxygens (including phenoxy) is 1. The number of hydrogen-bond acceptors (Lipinski definition) is 6. The number of aromatic nitrogens is 2. The fourth-order valence-corrected chi connectivity index (χ4v) is 4.30. The standard InChI is InChI=1S/C27H33N5O4/c1-3-4-7-14-32-26(34)23-9-6-5-8-22(23)25(29-32)27(35)30(2)19-24(33)28-20-10-12-21(13-11-20)31-15-17-36-18-16-31/h5-6,8-13H,3-4,7,14-19H2,1-2H3,(H,28,33). The zero-order valence-corrected chi connectivity index (χ0v) is 20.9. The third-order valence-corrected chi connectivity index (χ3v) is 6.30. The summed E-state index contributed by atoms with van der Waals surface area (Å²) in [4.78, 5) is 42.4. The molecule has 2 aromatic carbocycles. The van der Waals surface area contributed by atoms with Crippen molar-refractivity contribution in [2.24, 2.45) is 0 Å². The minimum atomic E-state index is -0.409. The van der Waals surface area contributed by atoms with E-state index in [1.165, 1.54) is 9.58 Å². The molecule has 0 spiro atoms. The lowest BCUT2D eigenvalue weighted by molar-refractivity contribution is -0.116. The summed E-state index contributed by atoms with van der Waals surface area (Å²) in [5.41, 5.74) is 1.70. The summed E-state index contributed by atoms with van der Waals surface area (Å²) in [6.45, 7) is 5.49. The number of fused-ring (bicyclic) bond motifs is 1. The van der Waals surface area contributed by atoms with Gasteiger partial charge in [-0.1, -0.05) is 38.0 Å². The molecule has 0 aliphatic carbocycles. The van der Waals surface area contributed by atoms with Crippen molar-refractivity contribution in [1.82, 2.24) is 14.7 Å². The lowest BCUT2D eigenvalue weighted by atomic mass is 10.1. The van der Waals surface area contributed by atoms with Crippen molar-refractivity contribution in [1.29, 1.82) is 0 Å². The lowest BCUT2D eigenvalue weighted by Crippen LogP contribution is -2.37. The maximum Gasteiger partial charge on any atom is 0.275 e. The van der Waals surface area contributed by atoms with E-state index in [9.17, 15) is 14.4 Å².